The molecule has 5 heteroatoms. The highest BCUT2D eigenvalue weighted by atomic mass is 16.4. The Hall–Kier alpha value is -1.26. The van der Waals surface area contributed by atoms with E-state index in [2.05, 4.69) is 5.16 Å². The number of amidine groups is 1. The van der Waals surface area contributed by atoms with E-state index in [1.54, 1.807) is 0 Å². The molecule has 0 aromatic heterocycles. The first kappa shape index (κ1) is 13.8. The maximum absolute atomic E-state index is 12.3. The fourth-order valence-corrected chi connectivity index (χ4v) is 2.30. The molecular weight excluding hydrogens is 218 g/mol. The van der Waals surface area contributed by atoms with Crippen molar-refractivity contribution >= 4 is 11.7 Å². The van der Waals surface area contributed by atoms with Crippen molar-refractivity contribution in [1.29, 1.82) is 0 Å². The number of oxime groups is 1. The van der Waals surface area contributed by atoms with Crippen LogP contribution in [0.4, 0.5) is 0 Å². The minimum atomic E-state index is -0.502. The van der Waals surface area contributed by atoms with E-state index in [0.29, 0.717) is 0 Å². The van der Waals surface area contributed by atoms with Crippen molar-refractivity contribution in [1.82, 2.24) is 4.90 Å². The van der Waals surface area contributed by atoms with Crippen molar-refractivity contribution in [2.75, 3.05) is 13.1 Å². The van der Waals surface area contributed by atoms with Crippen LogP contribution in [0.2, 0.25) is 0 Å². The van der Waals surface area contributed by atoms with Crippen molar-refractivity contribution in [2.45, 2.75) is 39.5 Å². The normalized spacial score (nSPS) is 20.2. The standard InChI is InChI=1S/C12H23N3O2/c1-9(2)10(11(13)14-17)12(16)15-7-5-3-4-6-8-15/h9-10,17H,3-8H2,1-2H3,(H2,13,14). The summed E-state index contributed by atoms with van der Waals surface area (Å²) in [6, 6.07) is 0. The third kappa shape index (κ3) is 3.61. The zero-order valence-electron chi connectivity index (χ0n) is 10.7. The van der Waals surface area contributed by atoms with Gasteiger partial charge in [0.05, 0.1) is 0 Å². The molecule has 1 heterocycles. The molecule has 1 unspecified atom stereocenters. The Kier molecular flexibility index (Phi) is 5.25. The summed E-state index contributed by atoms with van der Waals surface area (Å²) >= 11 is 0. The molecule has 5 nitrogen and oxygen atoms in total. The molecule has 0 bridgehead atoms. The molecule has 98 valence electrons. The summed E-state index contributed by atoms with van der Waals surface area (Å²) in [6.07, 6.45) is 4.46. The second-order valence-corrected chi connectivity index (χ2v) is 4.99. The van der Waals surface area contributed by atoms with Crippen molar-refractivity contribution in [3.05, 3.63) is 0 Å². The van der Waals surface area contributed by atoms with Gasteiger partial charge in [-0.1, -0.05) is 31.8 Å². The van der Waals surface area contributed by atoms with Crippen molar-refractivity contribution < 1.29 is 10.0 Å². The monoisotopic (exact) mass is 241 g/mol. The van der Waals surface area contributed by atoms with Crippen LogP contribution in [0.3, 0.4) is 0 Å². The van der Waals surface area contributed by atoms with E-state index in [4.69, 9.17) is 10.9 Å². The van der Waals surface area contributed by atoms with Crippen molar-refractivity contribution in [3.63, 3.8) is 0 Å². The third-order valence-electron chi connectivity index (χ3n) is 3.28. The number of hydrogen-bond donors (Lipinski definition) is 2. The lowest BCUT2D eigenvalue weighted by molar-refractivity contribution is -0.134. The summed E-state index contributed by atoms with van der Waals surface area (Å²) in [5.74, 6) is -0.439. The number of hydrogen-bond acceptors (Lipinski definition) is 3. The van der Waals surface area contributed by atoms with Crippen LogP contribution < -0.4 is 5.73 Å². The van der Waals surface area contributed by atoms with Gasteiger partial charge in [-0.05, 0) is 18.8 Å². The molecule has 0 radical (unpaired) electrons. The Morgan fingerprint density at radius 1 is 1.24 bits per heavy atom. The highest BCUT2D eigenvalue weighted by Crippen LogP contribution is 2.18. The third-order valence-corrected chi connectivity index (χ3v) is 3.28. The summed E-state index contributed by atoms with van der Waals surface area (Å²) in [6.45, 7) is 5.42. The van der Waals surface area contributed by atoms with E-state index in [1.807, 2.05) is 18.7 Å². The van der Waals surface area contributed by atoms with Crippen LogP contribution in [0, 0.1) is 11.8 Å². The number of rotatable bonds is 3. The van der Waals surface area contributed by atoms with Gasteiger partial charge in [0.25, 0.3) is 0 Å². The van der Waals surface area contributed by atoms with Crippen LogP contribution in [0.25, 0.3) is 0 Å². The molecule has 0 saturated carbocycles. The zero-order chi connectivity index (χ0) is 12.8. The summed E-state index contributed by atoms with van der Waals surface area (Å²) in [5, 5.41) is 11.7. The van der Waals surface area contributed by atoms with Crippen LogP contribution in [0.15, 0.2) is 5.16 Å². The highest BCUT2D eigenvalue weighted by Gasteiger charge is 2.30. The molecular formula is C12H23N3O2. The van der Waals surface area contributed by atoms with Gasteiger partial charge in [0.15, 0.2) is 5.84 Å². The first-order valence-electron chi connectivity index (χ1n) is 6.34. The maximum atomic E-state index is 12.3. The molecule has 1 amide bonds. The number of nitrogens with two attached hydrogens (primary N) is 1. The van der Waals surface area contributed by atoms with Gasteiger partial charge in [0.1, 0.15) is 5.92 Å². The molecule has 0 spiro atoms. The number of carbonyl (C=O) groups excluding carboxylic acids is 1. The van der Waals surface area contributed by atoms with Gasteiger partial charge in [-0.2, -0.15) is 0 Å². The first-order valence-corrected chi connectivity index (χ1v) is 6.34. The summed E-state index contributed by atoms with van der Waals surface area (Å²) in [7, 11) is 0. The lowest BCUT2D eigenvalue weighted by Crippen LogP contribution is -2.44. The number of carbonyl (C=O) groups is 1. The molecule has 1 aliphatic heterocycles. The molecule has 17 heavy (non-hydrogen) atoms. The molecule has 1 rings (SSSR count). The largest absolute Gasteiger partial charge is 0.409 e. The lowest BCUT2D eigenvalue weighted by Gasteiger charge is -2.27. The Morgan fingerprint density at radius 3 is 2.18 bits per heavy atom. The highest BCUT2D eigenvalue weighted by molar-refractivity contribution is 6.02. The second-order valence-electron chi connectivity index (χ2n) is 4.99. The van der Waals surface area contributed by atoms with Crippen molar-refractivity contribution in [2.24, 2.45) is 22.7 Å². The van der Waals surface area contributed by atoms with Gasteiger partial charge < -0.3 is 15.8 Å². The minimum Gasteiger partial charge on any atom is -0.409 e. The number of likely N-dealkylation sites (tertiary alicyclic amines) is 1. The summed E-state index contributed by atoms with van der Waals surface area (Å²) in [5.41, 5.74) is 5.62. The smallest absolute Gasteiger partial charge is 0.233 e. The van der Waals surface area contributed by atoms with E-state index in [0.717, 1.165) is 25.9 Å². The minimum absolute atomic E-state index is 0.00259. The van der Waals surface area contributed by atoms with Crippen LogP contribution in [-0.2, 0) is 4.79 Å². The number of nitrogens with zero attached hydrogens (tertiary/aromatic N) is 2. The van der Waals surface area contributed by atoms with Gasteiger partial charge in [0.2, 0.25) is 5.91 Å². The SMILES string of the molecule is CC(C)C(C(=O)N1CCCCCC1)/C(N)=N/O. The Balaban J connectivity index is 2.76. The first-order chi connectivity index (χ1) is 8.07. The Bertz CT molecular complexity index is 281. The van der Waals surface area contributed by atoms with Gasteiger partial charge in [-0.3, -0.25) is 4.79 Å². The maximum Gasteiger partial charge on any atom is 0.233 e. The van der Waals surface area contributed by atoms with E-state index < -0.39 is 5.92 Å². The average molecular weight is 241 g/mol. The van der Waals surface area contributed by atoms with Crippen LogP contribution >= 0.6 is 0 Å². The Labute approximate surface area is 103 Å². The predicted octanol–water partition coefficient (Wildman–Crippen LogP) is 1.41. The quantitative estimate of drug-likeness (QED) is 0.339. The molecule has 0 aromatic carbocycles. The van der Waals surface area contributed by atoms with Gasteiger partial charge in [0, 0.05) is 13.1 Å². The molecule has 1 fully saturated rings. The zero-order valence-corrected chi connectivity index (χ0v) is 10.7. The molecule has 0 aliphatic carbocycles. The van der Waals surface area contributed by atoms with Gasteiger partial charge in [-0.15, -0.1) is 0 Å². The fraction of sp³-hybridized carbons (Fsp3) is 0.833. The molecule has 3 N–H and O–H groups in total. The summed E-state index contributed by atoms with van der Waals surface area (Å²) < 4.78 is 0. The van der Waals surface area contributed by atoms with E-state index in [1.165, 1.54) is 12.8 Å². The van der Waals surface area contributed by atoms with Gasteiger partial charge in [-0.25, -0.2) is 0 Å². The Morgan fingerprint density at radius 2 is 1.76 bits per heavy atom. The van der Waals surface area contributed by atoms with E-state index in [-0.39, 0.29) is 17.7 Å². The predicted molar refractivity (Wildman–Crippen MR) is 66.8 cm³/mol. The topological polar surface area (TPSA) is 78.9 Å². The van der Waals surface area contributed by atoms with Crippen molar-refractivity contribution in [3.8, 4) is 0 Å². The number of amides is 1. The fourth-order valence-electron chi connectivity index (χ4n) is 2.30. The average Bonchev–Trinajstić information content (AvgIpc) is 2.56. The molecule has 1 aliphatic rings. The van der Waals surface area contributed by atoms with E-state index >= 15 is 0 Å². The van der Waals surface area contributed by atoms with E-state index in [9.17, 15) is 4.79 Å². The van der Waals surface area contributed by atoms with Crippen LogP contribution in [-0.4, -0.2) is 34.9 Å². The molecule has 1 saturated heterocycles. The van der Waals surface area contributed by atoms with Gasteiger partial charge >= 0.3 is 0 Å². The molecule has 0 aromatic rings. The summed E-state index contributed by atoms with van der Waals surface area (Å²) in [4.78, 5) is 14.2. The second kappa shape index (κ2) is 6.47. The van der Waals surface area contributed by atoms with Crippen LogP contribution in [0.1, 0.15) is 39.5 Å². The lowest BCUT2D eigenvalue weighted by atomic mass is 9.93. The van der Waals surface area contributed by atoms with Crippen LogP contribution in [0.5, 0.6) is 0 Å². The molecule has 1 atom stereocenters.